The summed E-state index contributed by atoms with van der Waals surface area (Å²) in [6, 6.07) is 5.90. The van der Waals surface area contributed by atoms with E-state index >= 15 is 0 Å². The van der Waals surface area contributed by atoms with Crippen LogP contribution >= 0.6 is 0 Å². The number of rotatable bonds is 5. The highest BCUT2D eigenvalue weighted by molar-refractivity contribution is 5.36. The summed E-state index contributed by atoms with van der Waals surface area (Å²) in [5.74, 6) is 0.766. The normalized spacial score (nSPS) is 14.6. The molecule has 0 aliphatic rings. The Hall–Kier alpha value is -1.06. The molecule has 0 heterocycles. The van der Waals surface area contributed by atoms with Crippen LogP contribution < -0.4 is 10.5 Å². The molecule has 1 aromatic carbocycles. The highest BCUT2D eigenvalue weighted by Gasteiger charge is 2.18. The van der Waals surface area contributed by atoms with E-state index in [1.54, 1.807) is 6.92 Å². The van der Waals surface area contributed by atoms with E-state index in [2.05, 4.69) is 0 Å². The topological polar surface area (TPSA) is 55.5 Å². The van der Waals surface area contributed by atoms with Crippen LogP contribution in [-0.4, -0.2) is 17.3 Å². The zero-order valence-corrected chi connectivity index (χ0v) is 10.3. The first-order valence-corrected chi connectivity index (χ1v) is 5.63. The third-order valence-electron chi connectivity index (χ3n) is 2.74. The van der Waals surface area contributed by atoms with Crippen molar-refractivity contribution in [3.05, 3.63) is 29.3 Å². The van der Waals surface area contributed by atoms with E-state index in [1.165, 1.54) is 0 Å². The van der Waals surface area contributed by atoms with Crippen LogP contribution in [0.5, 0.6) is 5.75 Å². The third kappa shape index (κ3) is 3.51. The number of hydrogen-bond acceptors (Lipinski definition) is 3. The zero-order chi connectivity index (χ0) is 12.2. The molecule has 1 unspecified atom stereocenters. The largest absolute Gasteiger partial charge is 0.490 e. The van der Waals surface area contributed by atoms with Gasteiger partial charge in [0, 0.05) is 12.1 Å². The van der Waals surface area contributed by atoms with E-state index in [0.717, 1.165) is 16.9 Å². The molecule has 0 spiro atoms. The van der Waals surface area contributed by atoms with Gasteiger partial charge < -0.3 is 15.6 Å². The standard InChI is InChI=1S/C13H21NO2/c1-4-13(3,15)9-16-12-6-5-10(2)7-11(12)8-14/h5-7,15H,4,8-9,14H2,1-3H3. The van der Waals surface area contributed by atoms with Gasteiger partial charge in [-0.3, -0.25) is 0 Å². The van der Waals surface area contributed by atoms with Crippen molar-refractivity contribution >= 4 is 0 Å². The van der Waals surface area contributed by atoms with E-state index in [1.807, 2.05) is 32.0 Å². The minimum absolute atomic E-state index is 0.291. The van der Waals surface area contributed by atoms with Crippen LogP contribution in [-0.2, 0) is 6.54 Å². The molecule has 0 bridgehead atoms. The highest BCUT2D eigenvalue weighted by Crippen LogP contribution is 2.21. The van der Waals surface area contributed by atoms with Gasteiger partial charge in [-0.25, -0.2) is 0 Å². The average molecular weight is 223 g/mol. The van der Waals surface area contributed by atoms with Gasteiger partial charge in [0.25, 0.3) is 0 Å². The first-order chi connectivity index (χ1) is 7.48. The summed E-state index contributed by atoms with van der Waals surface area (Å²) in [6.07, 6.45) is 0.664. The third-order valence-corrected chi connectivity index (χ3v) is 2.74. The molecule has 0 aromatic heterocycles. The van der Waals surface area contributed by atoms with Crippen molar-refractivity contribution in [3.8, 4) is 5.75 Å². The van der Waals surface area contributed by atoms with Gasteiger partial charge in [0.15, 0.2) is 0 Å². The molecule has 16 heavy (non-hydrogen) atoms. The number of ether oxygens (including phenoxy) is 1. The van der Waals surface area contributed by atoms with Crippen LogP contribution in [0.25, 0.3) is 0 Å². The smallest absolute Gasteiger partial charge is 0.123 e. The summed E-state index contributed by atoms with van der Waals surface area (Å²) in [6.45, 7) is 6.46. The lowest BCUT2D eigenvalue weighted by Gasteiger charge is -2.22. The summed E-state index contributed by atoms with van der Waals surface area (Å²) in [5, 5.41) is 9.85. The highest BCUT2D eigenvalue weighted by atomic mass is 16.5. The minimum atomic E-state index is -0.781. The van der Waals surface area contributed by atoms with Crippen molar-refractivity contribution < 1.29 is 9.84 Å². The first-order valence-electron chi connectivity index (χ1n) is 5.63. The van der Waals surface area contributed by atoms with Gasteiger partial charge in [0.05, 0.1) is 5.60 Å². The number of nitrogens with two attached hydrogens (primary N) is 1. The Labute approximate surface area is 97.2 Å². The summed E-state index contributed by atoms with van der Waals surface area (Å²) in [7, 11) is 0. The molecule has 0 saturated heterocycles. The molecule has 0 fully saturated rings. The predicted octanol–water partition coefficient (Wildman–Crippen LogP) is 1.99. The Morgan fingerprint density at radius 2 is 2.12 bits per heavy atom. The monoisotopic (exact) mass is 223 g/mol. The molecule has 0 aliphatic heterocycles. The van der Waals surface area contributed by atoms with Crippen molar-refractivity contribution in [2.24, 2.45) is 5.73 Å². The number of benzene rings is 1. The molecule has 90 valence electrons. The number of aryl methyl sites for hydroxylation is 1. The van der Waals surface area contributed by atoms with Gasteiger partial charge in [-0.05, 0) is 26.3 Å². The molecule has 0 radical (unpaired) electrons. The maximum atomic E-state index is 9.85. The molecular formula is C13H21NO2. The Bertz CT molecular complexity index is 348. The molecule has 0 saturated carbocycles. The summed E-state index contributed by atoms with van der Waals surface area (Å²) in [5.41, 5.74) is 7.01. The summed E-state index contributed by atoms with van der Waals surface area (Å²) in [4.78, 5) is 0. The molecule has 1 atom stereocenters. The zero-order valence-electron chi connectivity index (χ0n) is 10.3. The van der Waals surface area contributed by atoms with Crippen molar-refractivity contribution in [2.75, 3.05) is 6.61 Å². The Kier molecular flexibility index (Phi) is 4.33. The molecule has 1 aromatic rings. The van der Waals surface area contributed by atoms with E-state index < -0.39 is 5.60 Å². The van der Waals surface area contributed by atoms with Gasteiger partial charge >= 0.3 is 0 Å². The first kappa shape index (κ1) is 13.0. The molecule has 0 aliphatic carbocycles. The molecule has 3 N–H and O–H groups in total. The van der Waals surface area contributed by atoms with Crippen LogP contribution in [0.1, 0.15) is 31.4 Å². The number of hydrogen-bond donors (Lipinski definition) is 2. The fourth-order valence-electron chi connectivity index (χ4n) is 1.34. The molecule has 0 amide bonds. The van der Waals surface area contributed by atoms with E-state index in [9.17, 15) is 5.11 Å². The van der Waals surface area contributed by atoms with Crippen LogP contribution in [0.4, 0.5) is 0 Å². The van der Waals surface area contributed by atoms with Gasteiger partial charge in [-0.1, -0.05) is 24.6 Å². The average Bonchev–Trinajstić information content (AvgIpc) is 2.27. The van der Waals surface area contributed by atoms with Gasteiger partial charge in [-0.2, -0.15) is 0 Å². The SMILES string of the molecule is CCC(C)(O)COc1ccc(C)cc1CN. The van der Waals surface area contributed by atoms with Crippen LogP contribution in [0.15, 0.2) is 18.2 Å². The molecular weight excluding hydrogens is 202 g/mol. The van der Waals surface area contributed by atoms with E-state index in [4.69, 9.17) is 10.5 Å². The second kappa shape index (κ2) is 5.32. The molecule has 3 nitrogen and oxygen atoms in total. The van der Waals surface area contributed by atoms with Gasteiger partial charge in [0.1, 0.15) is 12.4 Å². The lowest BCUT2D eigenvalue weighted by Crippen LogP contribution is -2.31. The predicted molar refractivity (Wildman–Crippen MR) is 65.5 cm³/mol. The van der Waals surface area contributed by atoms with Crippen LogP contribution in [0.2, 0.25) is 0 Å². The fraction of sp³-hybridized carbons (Fsp3) is 0.538. The van der Waals surface area contributed by atoms with Gasteiger partial charge in [0.2, 0.25) is 0 Å². The second-order valence-corrected chi connectivity index (χ2v) is 4.45. The Morgan fingerprint density at radius 3 is 2.69 bits per heavy atom. The Morgan fingerprint density at radius 1 is 1.44 bits per heavy atom. The van der Waals surface area contributed by atoms with Crippen molar-refractivity contribution in [2.45, 2.75) is 39.3 Å². The van der Waals surface area contributed by atoms with Crippen molar-refractivity contribution in [1.82, 2.24) is 0 Å². The van der Waals surface area contributed by atoms with Crippen molar-refractivity contribution in [1.29, 1.82) is 0 Å². The minimum Gasteiger partial charge on any atom is -0.490 e. The van der Waals surface area contributed by atoms with Crippen molar-refractivity contribution in [3.63, 3.8) is 0 Å². The quantitative estimate of drug-likeness (QED) is 0.802. The lowest BCUT2D eigenvalue weighted by atomic mass is 10.1. The molecule has 3 heteroatoms. The fourth-order valence-corrected chi connectivity index (χ4v) is 1.34. The molecule has 1 rings (SSSR count). The lowest BCUT2D eigenvalue weighted by molar-refractivity contribution is 0.00819. The van der Waals surface area contributed by atoms with Gasteiger partial charge in [-0.15, -0.1) is 0 Å². The van der Waals surface area contributed by atoms with E-state index in [0.29, 0.717) is 19.6 Å². The number of aliphatic hydroxyl groups is 1. The summed E-state index contributed by atoms with van der Waals surface area (Å²) >= 11 is 0. The van der Waals surface area contributed by atoms with Crippen LogP contribution in [0.3, 0.4) is 0 Å². The second-order valence-electron chi connectivity index (χ2n) is 4.45. The Balaban J connectivity index is 2.74. The van der Waals surface area contributed by atoms with E-state index in [-0.39, 0.29) is 0 Å². The summed E-state index contributed by atoms with van der Waals surface area (Å²) < 4.78 is 5.61. The maximum Gasteiger partial charge on any atom is 0.123 e. The van der Waals surface area contributed by atoms with Crippen LogP contribution in [0, 0.1) is 6.92 Å². The maximum absolute atomic E-state index is 9.85.